The molecule has 0 saturated heterocycles. The number of benzene rings is 1. The number of hydrogen-bond acceptors (Lipinski definition) is 4. The summed E-state index contributed by atoms with van der Waals surface area (Å²) in [5.74, 6) is 0.217. The second-order valence-electron chi connectivity index (χ2n) is 5.40. The zero-order valence-electron chi connectivity index (χ0n) is 11.8. The highest BCUT2D eigenvalue weighted by Crippen LogP contribution is 2.30. The number of ether oxygens (including phenoxy) is 1. The maximum absolute atomic E-state index is 12.4. The lowest BCUT2D eigenvalue weighted by Gasteiger charge is -2.26. The first kappa shape index (κ1) is 15.3. The van der Waals surface area contributed by atoms with Gasteiger partial charge in [-0.3, -0.25) is 0 Å². The molecule has 1 aliphatic rings. The highest BCUT2D eigenvalue weighted by atomic mass is 32.2. The Morgan fingerprint density at radius 1 is 1.25 bits per heavy atom. The first-order chi connectivity index (χ1) is 9.54. The van der Waals surface area contributed by atoms with Gasteiger partial charge in [-0.1, -0.05) is 31.4 Å². The maximum Gasteiger partial charge on any atom is 0.184 e. The molecule has 1 aromatic carbocycles. The van der Waals surface area contributed by atoms with Crippen LogP contribution in [0.15, 0.2) is 29.2 Å². The van der Waals surface area contributed by atoms with Gasteiger partial charge in [0.15, 0.2) is 9.84 Å². The Bertz CT molecular complexity index is 533. The molecule has 20 heavy (non-hydrogen) atoms. The van der Waals surface area contributed by atoms with E-state index in [1.807, 2.05) is 0 Å². The van der Waals surface area contributed by atoms with Gasteiger partial charge in [0.1, 0.15) is 10.6 Å². The predicted octanol–water partition coefficient (Wildman–Crippen LogP) is 2.41. The Morgan fingerprint density at radius 2 is 1.90 bits per heavy atom. The first-order valence-corrected chi connectivity index (χ1v) is 8.73. The summed E-state index contributed by atoms with van der Waals surface area (Å²) in [6, 6.07) is 6.56. The van der Waals surface area contributed by atoms with Crippen molar-refractivity contribution >= 4 is 9.84 Å². The Hall–Kier alpha value is -1.07. The van der Waals surface area contributed by atoms with Crippen molar-refractivity contribution in [2.45, 2.75) is 43.1 Å². The Morgan fingerprint density at radius 3 is 2.55 bits per heavy atom. The molecular weight excluding hydrogens is 276 g/mol. The fourth-order valence-electron chi connectivity index (χ4n) is 2.85. The van der Waals surface area contributed by atoms with E-state index in [9.17, 15) is 13.5 Å². The van der Waals surface area contributed by atoms with E-state index in [-0.39, 0.29) is 16.6 Å². The average Bonchev–Trinajstić information content (AvgIpc) is 2.47. The summed E-state index contributed by atoms with van der Waals surface area (Å²) in [6.07, 6.45) is 4.39. The van der Waals surface area contributed by atoms with E-state index in [4.69, 9.17) is 4.74 Å². The summed E-state index contributed by atoms with van der Waals surface area (Å²) in [5, 5.41) is 10.2. The summed E-state index contributed by atoms with van der Waals surface area (Å²) in [5.41, 5.74) is 0. The molecular formula is C15H22O4S. The van der Waals surface area contributed by atoms with Crippen LogP contribution >= 0.6 is 0 Å². The van der Waals surface area contributed by atoms with Crippen LogP contribution < -0.4 is 4.74 Å². The molecule has 0 radical (unpaired) electrons. The summed E-state index contributed by atoms with van der Waals surface area (Å²) in [7, 11) is -2.08. The zero-order valence-corrected chi connectivity index (χ0v) is 12.6. The summed E-state index contributed by atoms with van der Waals surface area (Å²) in [6.45, 7) is 0. The molecule has 0 amide bonds. The van der Waals surface area contributed by atoms with Gasteiger partial charge >= 0.3 is 0 Å². The van der Waals surface area contributed by atoms with Crippen LogP contribution in [-0.2, 0) is 9.84 Å². The third kappa shape index (κ3) is 3.52. The molecule has 0 aromatic heterocycles. The normalized spacial score (nSPS) is 18.7. The largest absolute Gasteiger partial charge is 0.495 e. The van der Waals surface area contributed by atoms with Crippen molar-refractivity contribution in [3.05, 3.63) is 24.3 Å². The highest BCUT2D eigenvalue weighted by molar-refractivity contribution is 7.91. The fourth-order valence-corrected chi connectivity index (χ4v) is 4.49. The summed E-state index contributed by atoms with van der Waals surface area (Å²) in [4.78, 5) is 0.164. The lowest BCUT2D eigenvalue weighted by Crippen LogP contribution is -2.30. The van der Waals surface area contributed by atoms with Gasteiger partial charge < -0.3 is 9.84 Å². The predicted molar refractivity (Wildman–Crippen MR) is 77.6 cm³/mol. The highest BCUT2D eigenvalue weighted by Gasteiger charge is 2.29. The third-order valence-corrected chi connectivity index (χ3v) is 5.78. The van der Waals surface area contributed by atoms with Crippen LogP contribution in [0.4, 0.5) is 0 Å². The van der Waals surface area contributed by atoms with Crippen molar-refractivity contribution in [3.63, 3.8) is 0 Å². The van der Waals surface area contributed by atoms with Crippen LogP contribution in [0.3, 0.4) is 0 Å². The molecule has 1 saturated carbocycles. The molecule has 4 nitrogen and oxygen atoms in total. The van der Waals surface area contributed by atoms with E-state index < -0.39 is 15.9 Å². The molecule has 1 aliphatic carbocycles. The van der Waals surface area contributed by atoms with Gasteiger partial charge in [-0.15, -0.1) is 0 Å². The number of aliphatic hydroxyl groups excluding tert-OH is 1. The number of hydrogen-bond donors (Lipinski definition) is 1. The minimum absolute atomic E-state index is 0.105. The quantitative estimate of drug-likeness (QED) is 0.906. The molecule has 2 rings (SSSR count). The lowest BCUT2D eigenvalue weighted by atomic mass is 9.86. The molecule has 1 unspecified atom stereocenters. The monoisotopic (exact) mass is 298 g/mol. The number of para-hydroxylation sites is 1. The molecule has 5 heteroatoms. The first-order valence-electron chi connectivity index (χ1n) is 7.08. The van der Waals surface area contributed by atoms with Crippen LogP contribution in [0.2, 0.25) is 0 Å². The van der Waals surface area contributed by atoms with Crippen LogP contribution in [0.5, 0.6) is 5.75 Å². The maximum atomic E-state index is 12.4. The van der Waals surface area contributed by atoms with E-state index in [0.29, 0.717) is 5.75 Å². The zero-order chi connectivity index (χ0) is 14.6. The standard InChI is InChI=1S/C15H22O4S/c1-19-14-9-5-6-10-15(14)20(17,18)11-13(16)12-7-3-2-4-8-12/h5-6,9-10,12-13,16H,2-4,7-8,11H2,1H3. The van der Waals surface area contributed by atoms with Crippen molar-refractivity contribution in [1.29, 1.82) is 0 Å². The van der Waals surface area contributed by atoms with Crippen LogP contribution in [-0.4, -0.2) is 32.5 Å². The Balaban J connectivity index is 2.14. The Kier molecular flexibility index (Phi) is 5.05. The molecule has 0 bridgehead atoms. The van der Waals surface area contributed by atoms with E-state index in [1.165, 1.54) is 19.6 Å². The molecule has 1 aromatic rings. The van der Waals surface area contributed by atoms with Gasteiger partial charge in [0.25, 0.3) is 0 Å². The minimum atomic E-state index is -3.53. The van der Waals surface area contributed by atoms with Gasteiger partial charge in [0, 0.05) is 0 Å². The van der Waals surface area contributed by atoms with E-state index in [0.717, 1.165) is 25.7 Å². The molecule has 1 N–H and O–H groups in total. The SMILES string of the molecule is COc1ccccc1S(=O)(=O)CC(O)C1CCCCC1. The number of aliphatic hydroxyl groups is 1. The Labute approximate surface area is 120 Å². The second kappa shape index (κ2) is 6.59. The number of sulfone groups is 1. The summed E-state index contributed by atoms with van der Waals surface area (Å²) < 4.78 is 29.9. The molecule has 0 spiro atoms. The van der Waals surface area contributed by atoms with E-state index in [1.54, 1.807) is 18.2 Å². The second-order valence-corrected chi connectivity index (χ2v) is 7.40. The van der Waals surface area contributed by atoms with Crippen LogP contribution in [0.25, 0.3) is 0 Å². The van der Waals surface area contributed by atoms with Gasteiger partial charge in [-0.05, 0) is 30.9 Å². The molecule has 112 valence electrons. The number of methoxy groups -OCH3 is 1. The van der Waals surface area contributed by atoms with E-state index >= 15 is 0 Å². The van der Waals surface area contributed by atoms with Crippen LogP contribution in [0, 0.1) is 5.92 Å². The van der Waals surface area contributed by atoms with E-state index in [2.05, 4.69) is 0 Å². The molecule has 1 fully saturated rings. The van der Waals surface area contributed by atoms with Gasteiger partial charge in [-0.2, -0.15) is 0 Å². The molecule has 0 aliphatic heterocycles. The minimum Gasteiger partial charge on any atom is -0.495 e. The van der Waals surface area contributed by atoms with Crippen LogP contribution in [0.1, 0.15) is 32.1 Å². The van der Waals surface area contributed by atoms with Crippen molar-refractivity contribution in [2.24, 2.45) is 5.92 Å². The van der Waals surface area contributed by atoms with Gasteiger partial charge in [0.2, 0.25) is 0 Å². The smallest absolute Gasteiger partial charge is 0.184 e. The average molecular weight is 298 g/mol. The van der Waals surface area contributed by atoms with Gasteiger partial charge in [0.05, 0.1) is 19.0 Å². The molecule has 1 atom stereocenters. The van der Waals surface area contributed by atoms with Crippen molar-refractivity contribution in [2.75, 3.05) is 12.9 Å². The van der Waals surface area contributed by atoms with Crippen molar-refractivity contribution in [3.8, 4) is 5.75 Å². The van der Waals surface area contributed by atoms with Crippen molar-refractivity contribution < 1.29 is 18.3 Å². The molecule has 0 heterocycles. The van der Waals surface area contributed by atoms with Crippen molar-refractivity contribution in [1.82, 2.24) is 0 Å². The summed E-state index contributed by atoms with van der Waals surface area (Å²) >= 11 is 0. The lowest BCUT2D eigenvalue weighted by molar-refractivity contribution is 0.103. The fraction of sp³-hybridized carbons (Fsp3) is 0.600. The third-order valence-electron chi connectivity index (χ3n) is 3.99. The van der Waals surface area contributed by atoms with Gasteiger partial charge in [-0.25, -0.2) is 8.42 Å². The number of rotatable bonds is 5. The topological polar surface area (TPSA) is 63.6 Å².